The lowest BCUT2D eigenvalue weighted by Crippen LogP contribution is -2.02. The van der Waals surface area contributed by atoms with Gasteiger partial charge in [-0.15, -0.1) is 0 Å². The maximum absolute atomic E-state index is 12.7. The first-order valence-corrected chi connectivity index (χ1v) is 8.54. The van der Waals surface area contributed by atoms with Crippen molar-refractivity contribution in [1.82, 2.24) is 9.78 Å². The number of allylic oxidation sites excluding steroid dienone is 1. The summed E-state index contributed by atoms with van der Waals surface area (Å²) in [5.41, 5.74) is 2.34. The van der Waals surface area contributed by atoms with Crippen LogP contribution in [0.3, 0.4) is 0 Å². The van der Waals surface area contributed by atoms with Crippen LogP contribution in [0.2, 0.25) is 5.15 Å². The Labute approximate surface area is 162 Å². The largest absolute Gasteiger partial charge is 0.497 e. The van der Waals surface area contributed by atoms with Crippen molar-refractivity contribution >= 4 is 23.5 Å². The predicted octanol–water partition coefficient (Wildman–Crippen LogP) is 4.63. The van der Waals surface area contributed by atoms with E-state index >= 15 is 0 Å². The molecular formula is C21H16ClN3O2. The van der Waals surface area contributed by atoms with E-state index < -0.39 is 0 Å². The number of benzene rings is 2. The highest BCUT2D eigenvalue weighted by Gasteiger charge is 2.17. The zero-order valence-electron chi connectivity index (χ0n) is 14.8. The lowest BCUT2D eigenvalue weighted by atomic mass is 10.0. The number of para-hydroxylation sites is 1. The molecule has 1 heterocycles. The van der Waals surface area contributed by atoms with Gasteiger partial charge in [-0.05, 0) is 49.4 Å². The van der Waals surface area contributed by atoms with Gasteiger partial charge in [0.15, 0.2) is 0 Å². The van der Waals surface area contributed by atoms with Gasteiger partial charge in [-0.2, -0.15) is 10.4 Å². The number of carbonyl (C=O) groups is 1. The van der Waals surface area contributed by atoms with E-state index in [0.717, 1.165) is 5.69 Å². The highest BCUT2D eigenvalue weighted by Crippen LogP contribution is 2.26. The topological polar surface area (TPSA) is 67.9 Å². The first-order valence-electron chi connectivity index (χ1n) is 8.16. The molecule has 0 saturated heterocycles. The van der Waals surface area contributed by atoms with Gasteiger partial charge in [0.2, 0.25) is 5.78 Å². The van der Waals surface area contributed by atoms with Crippen LogP contribution < -0.4 is 4.74 Å². The van der Waals surface area contributed by atoms with Crippen molar-refractivity contribution in [2.75, 3.05) is 7.11 Å². The van der Waals surface area contributed by atoms with E-state index in [1.54, 1.807) is 43.0 Å². The lowest BCUT2D eigenvalue weighted by molar-refractivity contribution is 0.104. The average molecular weight is 378 g/mol. The molecule has 0 aliphatic carbocycles. The van der Waals surface area contributed by atoms with Crippen LogP contribution in [-0.2, 0) is 0 Å². The summed E-state index contributed by atoms with van der Waals surface area (Å²) in [5.74, 6) is 0.250. The number of ketones is 1. The molecule has 0 fully saturated rings. The number of methoxy groups -OCH3 is 1. The monoisotopic (exact) mass is 377 g/mol. The van der Waals surface area contributed by atoms with Crippen LogP contribution in [0.4, 0.5) is 0 Å². The maximum Gasteiger partial charge on any atom is 0.203 e. The quantitative estimate of drug-likeness (QED) is 0.369. The predicted molar refractivity (Wildman–Crippen MR) is 104 cm³/mol. The Morgan fingerprint density at radius 1 is 1.19 bits per heavy atom. The van der Waals surface area contributed by atoms with Crippen molar-refractivity contribution in [2.24, 2.45) is 0 Å². The van der Waals surface area contributed by atoms with Gasteiger partial charge in [0.1, 0.15) is 22.5 Å². The number of aryl methyl sites for hydroxylation is 1. The molecule has 0 aliphatic heterocycles. The third-order valence-electron chi connectivity index (χ3n) is 4.05. The van der Waals surface area contributed by atoms with Crippen molar-refractivity contribution in [3.05, 3.63) is 82.1 Å². The van der Waals surface area contributed by atoms with E-state index in [4.69, 9.17) is 16.3 Å². The Bertz CT molecular complexity index is 1050. The summed E-state index contributed by atoms with van der Waals surface area (Å²) in [6, 6.07) is 18.0. The SMILES string of the molecule is COc1ccc(C(=O)/C(C#N)=C/c2c(C)nn(-c3ccccc3)c2Cl)cc1. The van der Waals surface area contributed by atoms with Crippen LogP contribution in [0.15, 0.2) is 60.2 Å². The number of carbonyl (C=O) groups excluding carboxylic acids is 1. The van der Waals surface area contributed by atoms with Gasteiger partial charge in [-0.25, -0.2) is 4.68 Å². The molecule has 0 N–H and O–H groups in total. The van der Waals surface area contributed by atoms with Crippen molar-refractivity contribution in [3.63, 3.8) is 0 Å². The average Bonchev–Trinajstić information content (AvgIpc) is 3.00. The zero-order chi connectivity index (χ0) is 19.4. The minimum Gasteiger partial charge on any atom is -0.497 e. The second-order valence-corrected chi connectivity index (χ2v) is 6.12. The van der Waals surface area contributed by atoms with Gasteiger partial charge in [0.25, 0.3) is 0 Å². The Morgan fingerprint density at radius 2 is 1.85 bits per heavy atom. The van der Waals surface area contributed by atoms with E-state index in [9.17, 15) is 10.1 Å². The first-order chi connectivity index (χ1) is 13.0. The summed E-state index contributed by atoms with van der Waals surface area (Å²) < 4.78 is 6.67. The van der Waals surface area contributed by atoms with Gasteiger partial charge >= 0.3 is 0 Å². The molecule has 5 nitrogen and oxygen atoms in total. The van der Waals surface area contributed by atoms with Crippen LogP contribution in [0.25, 0.3) is 11.8 Å². The standard InChI is InChI=1S/C21H16ClN3O2/c1-14-19(21(22)25(24-14)17-6-4-3-5-7-17)12-16(13-23)20(26)15-8-10-18(27-2)11-9-15/h3-12H,1-2H3/b16-12+. The number of Topliss-reactive ketones (excluding diaryl/α,β-unsaturated/α-hetero) is 1. The normalized spacial score (nSPS) is 11.1. The molecule has 0 amide bonds. The van der Waals surface area contributed by atoms with Crippen molar-refractivity contribution in [3.8, 4) is 17.5 Å². The van der Waals surface area contributed by atoms with E-state index in [0.29, 0.717) is 27.7 Å². The Balaban J connectivity index is 2.00. The minimum atomic E-state index is -0.386. The molecule has 0 aliphatic rings. The maximum atomic E-state index is 12.7. The fourth-order valence-electron chi connectivity index (χ4n) is 2.61. The third kappa shape index (κ3) is 3.76. The molecule has 0 radical (unpaired) electrons. The molecule has 6 heteroatoms. The van der Waals surface area contributed by atoms with Crippen LogP contribution in [0.5, 0.6) is 5.75 Å². The van der Waals surface area contributed by atoms with E-state index in [1.165, 1.54) is 6.08 Å². The molecule has 0 bridgehead atoms. The fraction of sp³-hybridized carbons (Fsp3) is 0.0952. The second kappa shape index (κ2) is 7.90. The Morgan fingerprint density at radius 3 is 2.44 bits per heavy atom. The summed E-state index contributed by atoms with van der Waals surface area (Å²) in [7, 11) is 1.55. The fourth-order valence-corrected chi connectivity index (χ4v) is 2.93. The zero-order valence-corrected chi connectivity index (χ0v) is 15.6. The van der Waals surface area contributed by atoms with Crippen LogP contribution in [0.1, 0.15) is 21.6 Å². The molecule has 0 unspecified atom stereocenters. The number of hydrogen-bond acceptors (Lipinski definition) is 4. The first kappa shape index (κ1) is 18.4. The molecule has 0 spiro atoms. The van der Waals surface area contributed by atoms with Gasteiger partial charge in [-0.1, -0.05) is 29.8 Å². The lowest BCUT2D eigenvalue weighted by Gasteiger charge is -2.03. The molecule has 0 saturated carbocycles. The summed E-state index contributed by atoms with van der Waals surface area (Å²) in [6.45, 7) is 1.78. The van der Waals surface area contributed by atoms with E-state index in [1.807, 2.05) is 36.4 Å². The summed E-state index contributed by atoms with van der Waals surface area (Å²) in [5, 5.41) is 14.3. The van der Waals surface area contributed by atoms with Crippen molar-refractivity contribution in [1.29, 1.82) is 5.26 Å². The Kier molecular flexibility index (Phi) is 5.39. The Hall–Kier alpha value is -3.36. The van der Waals surface area contributed by atoms with Crippen molar-refractivity contribution < 1.29 is 9.53 Å². The van der Waals surface area contributed by atoms with Gasteiger partial charge in [0, 0.05) is 11.1 Å². The number of rotatable bonds is 5. The summed E-state index contributed by atoms with van der Waals surface area (Å²) in [4.78, 5) is 12.7. The highest BCUT2D eigenvalue weighted by atomic mass is 35.5. The summed E-state index contributed by atoms with van der Waals surface area (Å²) in [6.07, 6.45) is 1.48. The number of aromatic nitrogens is 2. The minimum absolute atomic E-state index is 0.0159. The molecule has 1 aromatic heterocycles. The third-order valence-corrected chi connectivity index (χ3v) is 4.42. The molecule has 27 heavy (non-hydrogen) atoms. The van der Waals surface area contributed by atoms with E-state index in [-0.39, 0.29) is 11.4 Å². The smallest absolute Gasteiger partial charge is 0.203 e. The molecule has 3 aromatic rings. The number of hydrogen-bond donors (Lipinski definition) is 0. The number of ether oxygens (including phenoxy) is 1. The molecule has 2 aromatic carbocycles. The van der Waals surface area contributed by atoms with Crippen LogP contribution >= 0.6 is 11.6 Å². The molecular weight excluding hydrogens is 362 g/mol. The van der Waals surface area contributed by atoms with Gasteiger partial charge < -0.3 is 4.74 Å². The van der Waals surface area contributed by atoms with Crippen LogP contribution in [0, 0.1) is 18.3 Å². The number of nitrogens with zero attached hydrogens (tertiary/aromatic N) is 3. The van der Waals surface area contributed by atoms with Gasteiger partial charge in [0.05, 0.1) is 18.5 Å². The van der Waals surface area contributed by atoms with Crippen molar-refractivity contribution in [2.45, 2.75) is 6.92 Å². The second-order valence-electron chi connectivity index (χ2n) is 5.76. The number of nitriles is 1. The summed E-state index contributed by atoms with van der Waals surface area (Å²) >= 11 is 6.47. The molecule has 0 atom stereocenters. The van der Waals surface area contributed by atoms with E-state index in [2.05, 4.69) is 5.10 Å². The van der Waals surface area contributed by atoms with Crippen LogP contribution in [-0.4, -0.2) is 22.7 Å². The number of halogens is 1. The molecule has 134 valence electrons. The highest BCUT2D eigenvalue weighted by molar-refractivity contribution is 6.31. The molecule has 3 rings (SSSR count). The van der Waals surface area contributed by atoms with Gasteiger partial charge in [-0.3, -0.25) is 4.79 Å².